The number of ether oxygens (including phenoxy) is 1. The molecule has 33 heavy (non-hydrogen) atoms. The van der Waals surface area contributed by atoms with E-state index >= 15 is 0 Å². The number of carbonyl (C=O) groups excluding carboxylic acids is 3. The van der Waals surface area contributed by atoms with Gasteiger partial charge >= 0.3 is 5.97 Å². The Morgan fingerprint density at radius 3 is 2.73 bits per heavy atom. The van der Waals surface area contributed by atoms with Crippen LogP contribution in [-0.4, -0.2) is 53.3 Å². The summed E-state index contributed by atoms with van der Waals surface area (Å²) in [7, 11) is 0. The molecule has 0 aliphatic carbocycles. The van der Waals surface area contributed by atoms with Gasteiger partial charge in [0.1, 0.15) is 6.04 Å². The first kappa shape index (κ1) is 23.6. The van der Waals surface area contributed by atoms with E-state index in [0.29, 0.717) is 12.0 Å². The second-order valence-corrected chi connectivity index (χ2v) is 7.54. The van der Waals surface area contributed by atoms with Crippen molar-refractivity contribution in [3.8, 4) is 0 Å². The zero-order chi connectivity index (χ0) is 23.6. The van der Waals surface area contributed by atoms with Crippen LogP contribution in [0.15, 0.2) is 60.7 Å². The maximum absolute atomic E-state index is 12.7. The summed E-state index contributed by atoms with van der Waals surface area (Å²) in [4.78, 5) is 49.1. The van der Waals surface area contributed by atoms with Gasteiger partial charge in [0.15, 0.2) is 0 Å². The summed E-state index contributed by atoms with van der Waals surface area (Å²) in [5.41, 5.74) is 1.54. The van der Waals surface area contributed by atoms with Gasteiger partial charge in [0.25, 0.3) is 5.69 Å². The van der Waals surface area contributed by atoms with E-state index in [1.807, 2.05) is 30.3 Å². The minimum absolute atomic E-state index is 0.0881. The molecule has 1 aliphatic rings. The van der Waals surface area contributed by atoms with Gasteiger partial charge in [0.05, 0.1) is 18.0 Å². The van der Waals surface area contributed by atoms with E-state index in [2.05, 4.69) is 5.32 Å². The van der Waals surface area contributed by atoms with Crippen LogP contribution in [0.3, 0.4) is 0 Å². The SMILES string of the molecule is O=C(CC1C(=O)NCCN1C(=O)/C=C/c1cccc([N+](=O)[O-])c1)OCCCc1ccccc1. The van der Waals surface area contributed by atoms with Crippen LogP contribution in [0, 0.1) is 10.1 Å². The summed E-state index contributed by atoms with van der Waals surface area (Å²) in [6, 6.07) is 14.7. The van der Waals surface area contributed by atoms with Crippen molar-refractivity contribution in [1.29, 1.82) is 0 Å². The Hall–Kier alpha value is -4.01. The van der Waals surface area contributed by atoms with Crippen LogP contribution < -0.4 is 5.32 Å². The van der Waals surface area contributed by atoms with Crippen molar-refractivity contribution in [2.75, 3.05) is 19.7 Å². The average molecular weight is 451 g/mol. The molecule has 3 rings (SSSR count). The number of nitrogens with one attached hydrogen (secondary N) is 1. The molecule has 0 aromatic heterocycles. The van der Waals surface area contributed by atoms with Crippen molar-refractivity contribution in [1.82, 2.24) is 10.2 Å². The van der Waals surface area contributed by atoms with Gasteiger partial charge in [-0.2, -0.15) is 0 Å². The van der Waals surface area contributed by atoms with E-state index < -0.39 is 28.7 Å². The predicted octanol–water partition coefficient (Wildman–Crippen LogP) is 2.50. The molecule has 172 valence electrons. The molecule has 0 spiro atoms. The van der Waals surface area contributed by atoms with Crippen molar-refractivity contribution in [3.05, 3.63) is 81.9 Å². The van der Waals surface area contributed by atoms with Gasteiger partial charge in [-0.15, -0.1) is 0 Å². The van der Waals surface area contributed by atoms with Gasteiger partial charge in [-0.1, -0.05) is 42.5 Å². The third-order valence-electron chi connectivity index (χ3n) is 5.19. The molecule has 2 aromatic carbocycles. The molecule has 2 aromatic rings. The lowest BCUT2D eigenvalue weighted by Crippen LogP contribution is -2.57. The topological polar surface area (TPSA) is 119 Å². The fraction of sp³-hybridized carbons (Fsp3) is 0.292. The number of hydrogen-bond donors (Lipinski definition) is 1. The predicted molar refractivity (Wildman–Crippen MR) is 121 cm³/mol. The van der Waals surface area contributed by atoms with Gasteiger partial charge in [0, 0.05) is 31.3 Å². The first-order chi connectivity index (χ1) is 15.9. The van der Waals surface area contributed by atoms with E-state index in [1.165, 1.54) is 35.3 Å². The monoisotopic (exact) mass is 451 g/mol. The molecule has 1 fully saturated rings. The quantitative estimate of drug-likeness (QED) is 0.206. The number of carbonyl (C=O) groups is 3. The Kier molecular flexibility index (Phi) is 8.29. The van der Waals surface area contributed by atoms with Crippen molar-refractivity contribution in [2.24, 2.45) is 0 Å². The third kappa shape index (κ3) is 6.99. The molecular formula is C24H25N3O6. The average Bonchev–Trinajstić information content (AvgIpc) is 2.82. The number of hydrogen-bond acceptors (Lipinski definition) is 6. The van der Waals surface area contributed by atoms with Crippen molar-refractivity contribution in [2.45, 2.75) is 25.3 Å². The lowest BCUT2D eigenvalue weighted by molar-refractivity contribution is -0.384. The molecule has 1 heterocycles. The number of esters is 1. The fourth-order valence-electron chi connectivity index (χ4n) is 3.51. The second kappa shape index (κ2) is 11.6. The number of amides is 2. The smallest absolute Gasteiger partial charge is 0.308 e. The summed E-state index contributed by atoms with van der Waals surface area (Å²) in [5, 5.41) is 13.6. The van der Waals surface area contributed by atoms with Crippen molar-refractivity contribution in [3.63, 3.8) is 0 Å². The largest absolute Gasteiger partial charge is 0.466 e. The van der Waals surface area contributed by atoms with Crippen LogP contribution in [0.5, 0.6) is 0 Å². The highest BCUT2D eigenvalue weighted by molar-refractivity contribution is 5.97. The first-order valence-electron chi connectivity index (χ1n) is 10.6. The minimum atomic E-state index is -0.970. The van der Waals surface area contributed by atoms with E-state index in [4.69, 9.17) is 4.74 Å². The van der Waals surface area contributed by atoms with Crippen LogP contribution in [0.4, 0.5) is 5.69 Å². The summed E-state index contributed by atoms with van der Waals surface area (Å²) in [6.07, 6.45) is 3.87. The highest BCUT2D eigenvalue weighted by atomic mass is 16.6. The Morgan fingerprint density at radius 2 is 1.97 bits per heavy atom. The lowest BCUT2D eigenvalue weighted by Gasteiger charge is -2.33. The fourth-order valence-corrected chi connectivity index (χ4v) is 3.51. The zero-order valence-electron chi connectivity index (χ0n) is 18.0. The van der Waals surface area contributed by atoms with Gasteiger partial charge in [-0.25, -0.2) is 0 Å². The molecular weight excluding hydrogens is 426 g/mol. The molecule has 9 heteroatoms. The number of piperazine rings is 1. The Balaban J connectivity index is 1.55. The highest BCUT2D eigenvalue weighted by Crippen LogP contribution is 2.16. The molecule has 0 radical (unpaired) electrons. The molecule has 2 amide bonds. The molecule has 1 N–H and O–H groups in total. The van der Waals surface area contributed by atoms with Crippen LogP contribution in [0.1, 0.15) is 24.0 Å². The summed E-state index contributed by atoms with van der Waals surface area (Å²) in [6.45, 7) is 0.746. The maximum atomic E-state index is 12.7. The minimum Gasteiger partial charge on any atom is -0.466 e. The van der Waals surface area contributed by atoms with Crippen molar-refractivity contribution >= 4 is 29.5 Å². The Morgan fingerprint density at radius 1 is 1.18 bits per heavy atom. The molecule has 1 aliphatic heterocycles. The molecule has 0 saturated carbocycles. The van der Waals surface area contributed by atoms with E-state index in [0.717, 1.165) is 12.0 Å². The Bertz CT molecular complexity index is 1040. The van der Waals surface area contributed by atoms with Gasteiger partial charge in [-0.3, -0.25) is 24.5 Å². The van der Waals surface area contributed by atoms with Gasteiger partial charge < -0.3 is 15.0 Å². The summed E-state index contributed by atoms with van der Waals surface area (Å²) >= 11 is 0. The number of nitro benzene ring substituents is 1. The van der Waals surface area contributed by atoms with Crippen LogP contribution in [0.2, 0.25) is 0 Å². The Labute approximate surface area is 191 Å². The second-order valence-electron chi connectivity index (χ2n) is 7.54. The first-order valence-corrected chi connectivity index (χ1v) is 10.6. The standard InChI is InChI=1S/C24H25N3O6/c28-22(12-11-19-8-4-10-20(16-19)27(31)32)26-14-13-25-24(30)21(26)17-23(29)33-15-5-9-18-6-2-1-3-7-18/h1-4,6-8,10-12,16,21H,5,9,13-15,17H2,(H,25,30)/b12-11+. The highest BCUT2D eigenvalue weighted by Gasteiger charge is 2.34. The molecule has 1 saturated heterocycles. The number of nitrogens with zero attached hydrogens (tertiary/aromatic N) is 2. The molecule has 1 unspecified atom stereocenters. The number of aryl methyl sites for hydroxylation is 1. The molecule has 1 atom stereocenters. The maximum Gasteiger partial charge on any atom is 0.308 e. The molecule has 0 bridgehead atoms. The number of benzene rings is 2. The van der Waals surface area contributed by atoms with Crippen LogP contribution in [-0.2, 0) is 25.5 Å². The summed E-state index contributed by atoms with van der Waals surface area (Å²) < 4.78 is 5.27. The zero-order valence-corrected chi connectivity index (χ0v) is 18.0. The van der Waals surface area contributed by atoms with Gasteiger partial charge in [0.2, 0.25) is 11.8 Å². The summed E-state index contributed by atoms with van der Waals surface area (Å²) in [5.74, 6) is -1.43. The third-order valence-corrected chi connectivity index (χ3v) is 5.19. The number of non-ortho nitro benzene ring substituents is 1. The normalized spacial score (nSPS) is 15.8. The number of nitro groups is 1. The van der Waals surface area contributed by atoms with Crippen molar-refractivity contribution < 1.29 is 24.0 Å². The van der Waals surface area contributed by atoms with Crippen LogP contribution in [0.25, 0.3) is 6.08 Å². The van der Waals surface area contributed by atoms with E-state index in [-0.39, 0.29) is 31.8 Å². The van der Waals surface area contributed by atoms with E-state index in [1.54, 1.807) is 6.07 Å². The molecule has 9 nitrogen and oxygen atoms in total. The van der Waals surface area contributed by atoms with Gasteiger partial charge in [-0.05, 0) is 30.0 Å². The number of rotatable bonds is 9. The lowest BCUT2D eigenvalue weighted by atomic mass is 10.1. The van der Waals surface area contributed by atoms with E-state index in [9.17, 15) is 24.5 Å². The van der Waals surface area contributed by atoms with Crippen LogP contribution >= 0.6 is 0 Å².